The highest BCUT2D eigenvalue weighted by Crippen LogP contribution is 2.27. The highest BCUT2D eigenvalue weighted by molar-refractivity contribution is 5.87. The minimum atomic E-state index is -0.468. The Bertz CT molecular complexity index is 294. The molecular weight excluding hydrogens is 228 g/mol. The zero-order valence-electron chi connectivity index (χ0n) is 12.1. The van der Waals surface area contributed by atoms with Crippen molar-refractivity contribution in [2.45, 2.75) is 65.3 Å². The Morgan fingerprint density at radius 2 is 2.17 bits per heavy atom. The molecule has 0 amide bonds. The predicted octanol–water partition coefficient (Wildman–Crippen LogP) is 3.48. The lowest BCUT2D eigenvalue weighted by molar-refractivity contribution is -0.224. The van der Waals surface area contributed by atoms with E-state index in [4.69, 9.17) is 9.47 Å². The lowest BCUT2D eigenvalue weighted by atomic mass is 10.0. The number of allylic oxidation sites excluding steroid dienone is 2. The van der Waals surface area contributed by atoms with Crippen LogP contribution in [0.1, 0.15) is 53.4 Å². The number of rotatable bonds is 5. The van der Waals surface area contributed by atoms with E-state index in [0.717, 1.165) is 32.3 Å². The number of ketones is 1. The van der Waals surface area contributed by atoms with Gasteiger partial charge in [-0.05, 0) is 58.4 Å². The van der Waals surface area contributed by atoms with E-state index >= 15 is 0 Å². The third-order valence-electron chi connectivity index (χ3n) is 3.08. The minimum absolute atomic E-state index is 0.115. The predicted molar refractivity (Wildman–Crippen MR) is 72.4 cm³/mol. The number of hydrogen-bond donors (Lipinski definition) is 0. The van der Waals surface area contributed by atoms with Gasteiger partial charge in [0.25, 0.3) is 0 Å². The molecule has 0 N–H and O–H groups in total. The average Bonchev–Trinajstić information content (AvgIpc) is 2.37. The van der Waals surface area contributed by atoms with Crippen molar-refractivity contribution in [2.75, 3.05) is 6.61 Å². The fraction of sp³-hybridized carbons (Fsp3) is 0.800. The number of hydrogen-bond acceptors (Lipinski definition) is 3. The van der Waals surface area contributed by atoms with Gasteiger partial charge in [-0.2, -0.15) is 0 Å². The molecule has 1 saturated heterocycles. The van der Waals surface area contributed by atoms with Gasteiger partial charge in [-0.3, -0.25) is 4.79 Å². The Kier molecular flexibility index (Phi) is 6.03. The Morgan fingerprint density at radius 1 is 1.44 bits per heavy atom. The maximum atomic E-state index is 10.8. The van der Waals surface area contributed by atoms with Crippen LogP contribution in [0, 0.1) is 5.92 Å². The van der Waals surface area contributed by atoms with Crippen molar-refractivity contribution >= 4 is 5.78 Å². The van der Waals surface area contributed by atoms with E-state index < -0.39 is 5.79 Å². The minimum Gasteiger partial charge on any atom is -0.350 e. The number of ether oxygens (including phenoxy) is 2. The first-order valence-corrected chi connectivity index (χ1v) is 6.88. The van der Waals surface area contributed by atoms with E-state index in [2.05, 4.69) is 6.92 Å². The molecule has 0 aromatic rings. The van der Waals surface area contributed by atoms with Crippen molar-refractivity contribution < 1.29 is 14.3 Å². The van der Waals surface area contributed by atoms with Gasteiger partial charge in [0.05, 0.1) is 12.7 Å². The monoisotopic (exact) mass is 254 g/mol. The Labute approximate surface area is 111 Å². The van der Waals surface area contributed by atoms with Gasteiger partial charge in [-0.1, -0.05) is 13.0 Å². The van der Waals surface area contributed by atoms with Gasteiger partial charge in [-0.25, -0.2) is 0 Å². The molecule has 2 atom stereocenters. The molecule has 0 aromatic heterocycles. The first-order valence-electron chi connectivity index (χ1n) is 6.88. The molecular formula is C15H26O3. The van der Waals surface area contributed by atoms with Crippen LogP contribution in [0.3, 0.4) is 0 Å². The van der Waals surface area contributed by atoms with Crippen LogP contribution in [0.25, 0.3) is 0 Å². The highest BCUT2D eigenvalue weighted by atomic mass is 16.7. The van der Waals surface area contributed by atoms with Crippen molar-refractivity contribution in [1.29, 1.82) is 0 Å². The van der Waals surface area contributed by atoms with E-state index in [1.54, 1.807) is 13.0 Å². The molecule has 1 aliphatic rings. The molecule has 1 heterocycles. The molecule has 0 aliphatic carbocycles. The Balaban J connectivity index is 2.33. The van der Waals surface area contributed by atoms with E-state index in [-0.39, 0.29) is 11.9 Å². The summed E-state index contributed by atoms with van der Waals surface area (Å²) >= 11 is 0. The molecule has 1 rings (SSSR count). The van der Waals surface area contributed by atoms with Crippen molar-refractivity contribution in [3.05, 3.63) is 12.2 Å². The summed E-state index contributed by atoms with van der Waals surface area (Å²) in [4.78, 5) is 10.8. The third-order valence-corrected chi connectivity index (χ3v) is 3.08. The second-order valence-corrected chi connectivity index (χ2v) is 5.74. The van der Waals surface area contributed by atoms with Crippen LogP contribution in [-0.4, -0.2) is 24.3 Å². The lowest BCUT2D eigenvalue weighted by Crippen LogP contribution is -2.31. The Morgan fingerprint density at radius 3 is 2.83 bits per heavy atom. The van der Waals surface area contributed by atoms with Crippen LogP contribution in [0.5, 0.6) is 0 Å². The van der Waals surface area contributed by atoms with Crippen LogP contribution in [0.2, 0.25) is 0 Å². The Hall–Kier alpha value is -0.670. The largest absolute Gasteiger partial charge is 0.350 e. The van der Waals surface area contributed by atoms with Gasteiger partial charge in [0.15, 0.2) is 11.6 Å². The van der Waals surface area contributed by atoms with Crippen molar-refractivity contribution in [3.63, 3.8) is 0 Å². The van der Waals surface area contributed by atoms with Gasteiger partial charge < -0.3 is 9.47 Å². The summed E-state index contributed by atoms with van der Waals surface area (Å²) in [6, 6.07) is 0. The topological polar surface area (TPSA) is 35.5 Å². The highest BCUT2D eigenvalue weighted by Gasteiger charge is 2.29. The summed E-state index contributed by atoms with van der Waals surface area (Å²) in [5.41, 5.74) is 0. The summed E-state index contributed by atoms with van der Waals surface area (Å²) in [7, 11) is 0. The second-order valence-electron chi connectivity index (χ2n) is 5.74. The van der Waals surface area contributed by atoms with Crippen molar-refractivity contribution in [3.8, 4) is 0 Å². The van der Waals surface area contributed by atoms with Gasteiger partial charge in [0.2, 0.25) is 0 Å². The van der Waals surface area contributed by atoms with Gasteiger partial charge in [0, 0.05) is 0 Å². The van der Waals surface area contributed by atoms with Crippen LogP contribution in [0.4, 0.5) is 0 Å². The van der Waals surface area contributed by atoms with Crippen LogP contribution in [0.15, 0.2) is 12.2 Å². The van der Waals surface area contributed by atoms with E-state index in [1.165, 1.54) is 0 Å². The molecule has 3 heteroatoms. The lowest BCUT2D eigenvalue weighted by Gasteiger charge is -2.27. The molecule has 3 nitrogen and oxygen atoms in total. The summed E-state index contributed by atoms with van der Waals surface area (Å²) in [6.45, 7) is 8.51. The summed E-state index contributed by atoms with van der Waals surface area (Å²) in [5.74, 6) is 0.193. The fourth-order valence-electron chi connectivity index (χ4n) is 2.23. The summed E-state index contributed by atoms with van der Waals surface area (Å²) in [5, 5.41) is 0. The van der Waals surface area contributed by atoms with Crippen LogP contribution < -0.4 is 0 Å². The number of unbranched alkanes of at least 4 members (excludes halogenated alkanes) is 1. The van der Waals surface area contributed by atoms with Gasteiger partial charge in [0.1, 0.15) is 0 Å². The van der Waals surface area contributed by atoms with E-state index in [1.807, 2.05) is 19.9 Å². The first kappa shape index (κ1) is 15.4. The molecule has 0 spiro atoms. The van der Waals surface area contributed by atoms with Gasteiger partial charge >= 0.3 is 0 Å². The third kappa shape index (κ3) is 6.31. The molecule has 104 valence electrons. The second kappa shape index (κ2) is 7.05. The van der Waals surface area contributed by atoms with Crippen LogP contribution in [-0.2, 0) is 14.3 Å². The number of carbonyl (C=O) groups excluding carboxylic acids is 1. The smallest absolute Gasteiger partial charge is 0.163 e. The molecule has 0 unspecified atom stereocenters. The van der Waals surface area contributed by atoms with Crippen molar-refractivity contribution in [2.24, 2.45) is 5.92 Å². The summed E-state index contributed by atoms with van der Waals surface area (Å²) in [6.07, 6.45) is 7.93. The van der Waals surface area contributed by atoms with Crippen LogP contribution >= 0.6 is 0 Å². The molecule has 0 aromatic carbocycles. The average molecular weight is 254 g/mol. The van der Waals surface area contributed by atoms with E-state index in [9.17, 15) is 4.79 Å². The molecule has 0 saturated carbocycles. The summed E-state index contributed by atoms with van der Waals surface area (Å²) < 4.78 is 11.7. The van der Waals surface area contributed by atoms with Gasteiger partial charge in [-0.15, -0.1) is 0 Å². The SMILES string of the molecule is CC(=O)/C=C/CCC[C@@H]1C[C@@H](C)COC(C)(C)O1. The zero-order chi connectivity index (χ0) is 13.6. The number of carbonyl (C=O) groups is 1. The molecule has 1 aliphatic heterocycles. The van der Waals surface area contributed by atoms with Crippen molar-refractivity contribution in [1.82, 2.24) is 0 Å². The standard InChI is InChI=1S/C15H26O3/c1-12-10-14(18-15(3,4)17-11-12)9-7-5-6-8-13(2)16/h6,8,12,14H,5,7,9-11H2,1-4H3/b8-6+/t12-,14-/m1/s1. The van der Waals surface area contributed by atoms with E-state index in [0.29, 0.717) is 5.92 Å². The quantitative estimate of drug-likeness (QED) is 0.556. The molecule has 1 fully saturated rings. The molecule has 18 heavy (non-hydrogen) atoms. The maximum Gasteiger partial charge on any atom is 0.163 e. The maximum absolute atomic E-state index is 10.8. The zero-order valence-corrected chi connectivity index (χ0v) is 12.1. The molecule has 0 radical (unpaired) electrons. The normalized spacial score (nSPS) is 28.2. The first-order chi connectivity index (χ1) is 8.39. The molecule has 0 bridgehead atoms. The fourth-order valence-corrected chi connectivity index (χ4v) is 2.23.